The van der Waals surface area contributed by atoms with Crippen LogP contribution in [0.15, 0.2) is 0 Å². The molecule has 0 unspecified atom stereocenters. The Morgan fingerprint density at radius 2 is 2.43 bits per heavy atom. The largest absolute Gasteiger partial charge is 0.352 e. The lowest BCUT2D eigenvalue weighted by molar-refractivity contribution is 0.249. The zero-order valence-electron chi connectivity index (χ0n) is 3.85. The molecule has 0 bridgehead atoms. The predicted octanol–water partition coefficient (Wildman–Crippen LogP) is -0.416. The van der Waals surface area contributed by atoms with Gasteiger partial charge in [0.1, 0.15) is 0 Å². The molecule has 7 heavy (non-hydrogen) atoms. The molecule has 0 radical (unpaired) electrons. The van der Waals surface area contributed by atoms with E-state index in [0.717, 1.165) is 0 Å². The number of urea groups is 1. The number of nitrogens with two attached hydrogens (primary N) is 1. The number of amides is 2. The molecule has 3 N–H and O–H groups in total. The van der Waals surface area contributed by atoms with Crippen molar-refractivity contribution in [3.63, 3.8) is 0 Å². The van der Waals surface area contributed by atoms with Crippen LogP contribution in [-0.2, 0) is 0 Å². The smallest absolute Gasteiger partial charge is 0.312 e. The summed E-state index contributed by atoms with van der Waals surface area (Å²) >= 11 is 3.82. The van der Waals surface area contributed by atoms with Crippen molar-refractivity contribution >= 4 is 18.7 Å². The average molecular weight is 120 g/mol. The lowest BCUT2D eigenvalue weighted by Crippen LogP contribution is -2.30. The molecule has 0 aromatic carbocycles. The van der Waals surface area contributed by atoms with Crippen LogP contribution in [0.25, 0.3) is 0 Å². The van der Waals surface area contributed by atoms with Gasteiger partial charge in [-0.05, 0) is 0 Å². The first-order chi connectivity index (χ1) is 3.27. The van der Waals surface area contributed by atoms with E-state index in [1.807, 2.05) is 0 Å². The van der Waals surface area contributed by atoms with E-state index in [1.165, 1.54) is 0 Å². The summed E-state index contributed by atoms with van der Waals surface area (Å²) in [7, 11) is 0. The molecule has 0 spiro atoms. The van der Waals surface area contributed by atoms with E-state index >= 15 is 0 Å². The summed E-state index contributed by atoms with van der Waals surface area (Å²) in [5.41, 5.74) is 4.69. The number of hydrogen-bond acceptors (Lipinski definition) is 2. The van der Waals surface area contributed by atoms with Crippen molar-refractivity contribution in [2.24, 2.45) is 5.73 Å². The zero-order chi connectivity index (χ0) is 5.70. The maximum absolute atomic E-state index is 9.84. The fraction of sp³-hybridized carbons (Fsp3) is 0.667. The minimum absolute atomic E-state index is 0.492. The quantitative estimate of drug-likeness (QED) is 0.426. The van der Waals surface area contributed by atoms with Gasteiger partial charge >= 0.3 is 6.03 Å². The van der Waals surface area contributed by atoms with Gasteiger partial charge in [0.2, 0.25) is 0 Å². The van der Waals surface area contributed by atoms with Gasteiger partial charge in [-0.2, -0.15) is 12.6 Å². The minimum Gasteiger partial charge on any atom is -0.352 e. The summed E-state index contributed by atoms with van der Waals surface area (Å²) in [4.78, 5) is 9.84. The molecule has 0 aromatic rings. The van der Waals surface area contributed by atoms with Crippen LogP contribution < -0.4 is 11.1 Å². The van der Waals surface area contributed by atoms with Crippen LogP contribution in [0.1, 0.15) is 0 Å². The fourth-order valence-corrected chi connectivity index (χ4v) is 0.291. The average Bonchev–Trinajstić information content (AvgIpc) is 1.61. The molecule has 0 aliphatic heterocycles. The number of hydrogen-bond donors (Lipinski definition) is 3. The van der Waals surface area contributed by atoms with Gasteiger partial charge in [-0.3, -0.25) is 0 Å². The Labute approximate surface area is 47.7 Å². The number of thiol groups is 1. The Kier molecular flexibility index (Phi) is 3.59. The number of nitrogens with one attached hydrogen (secondary N) is 1. The van der Waals surface area contributed by atoms with Crippen LogP contribution in [0.3, 0.4) is 0 Å². The van der Waals surface area contributed by atoms with Gasteiger partial charge in [0.25, 0.3) is 0 Å². The Hall–Kier alpha value is -0.380. The van der Waals surface area contributed by atoms with E-state index in [1.54, 1.807) is 0 Å². The molecule has 0 saturated heterocycles. The second kappa shape index (κ2) is 3.80. The van der Waals surface area contributed by atoms with E-state index in [9.17, 15) is 4.79 Å². The minimum atomic E-state index is -0.492. The molecule has 42 valence electrons. The highest BCUT2D eigenvalue weighted by Gasteiger charge is 1.83. The summed E-state index contributed by atoms with van der Waals surface area (Å²) in [6, 6.07) is -0.492. The highest BCUT2D eigenvalue weighted by Crippen LogP contribution is 1.65. The van der Waals surface area contributed by atoms with Crippen molar-refractivity contribution in [1.82, 2.24) is 5.32 Å². The Bertz CT molecular complexity index is 66.0. The topological polar surface area (TPSA) is 55.1 Å². The van der Waals surface area contributed by atoms with Crippen LogP contribution >= 0.6 is 12.6 Å². The van der Waals surface area contributed by atoms with Gasteiger partial charge in [0.15, 0.2) is 0 Å². The second-order valence-corrected chi connectivity index (χ2v) is 1.46. The summed E-state index contributed by atoms with van der Waals surface area (Å²) < 4.78 is 0. The molecule has 4 heteroatoms. The van der Waals surface area contributed by atoms with Gasteiger partial charge in [0.05, 0.1) is 0 Å². The first kappa shape index (κ1) is 6.62. The van der Waals surface area contributed by atoms with Crippen LogP contribution in [0.5, 0.6) is 0 Å². The molecule has 0 aliphatic carbocycles. The van der Waals surface area contributed by atoms with Crippen molar-refractivity contribution in [3.05, 3.63) is 0 Å². The van der Waals surface area contributed by atoms with Crippen molar-refractivity contribution in [2.75, 3.05) is 12.3 Å². The van der Waals surface area contributed by atoms with Crippen LogP contribution in [0, 0.1) is 0 Å². The van der Waals surface area contributed by atoms with E-state index in [-0.39, 0.29) is 0 Å². The van der Waals surface area contributed by atoms with Crippen LogP contribution in [0.4, 0.5) is 4.79 Å². The van der Waals surface area contributed by atoms with Crippen molar-refractivity contribution in [2.45, 2.75) is 0 Å². The standard InChI is InChI=1S/C3H8N2OS/c4-3(6)5-1-2-7/h7H,1-2H2,(H3,4,5,6). The normalized spacial score (nSPS) is 8.14. The summed E-state index contributed by atoms with van der Waals surface area (Å²) in [5.74, 6) is 0.628. The van der Waals surface area contributed by atoms with E-state index < -0.39 is 6.03 Å². The third kappa shape index (κ3) is 5.62. The third-order valence-electron chi connectivity index (χ3n) is 0.411. The molecule has 0 atom stereocenters. The van der Waals surface area contributed by atoms with Gasteiger partial charge in [-0.1, -0.05) is 0 Å². The molecular weight excluding hydrogens is 112 g/mol. The highest BCUT2D eigenvalue weighted by atomic mass is 32.1. The van der Waals surface area contributed by atoms with E-state index in [0.29, 0.717) is 12.3 Å². The molecule has 2 amide bonds. The molecule has 0 aliphatic rings. The van der Waals surface area contributed by atoms with Crippen molar-refractivity contribution in [1.29, 1.82) is 0 Å². The van der Waals surface area contributed by atoms with Gasteiger partial charge in [-0.25, -0.2) is 4.79 Å². The molecule has 0 fully saturated rings. The maximum atomic E-state index is 9.84. The lowest BCUT2D eigenvalue weighted by Gasteiger charge is -1.92. The van der Waals surface area contributed by atoms with E-state index in [2.05, 4.69) is 17.9 Å². The van der Waals surface area contributed by atoms with Crippen LogP contribution in [-0.4, -0.2) is 18.3 Å². The van der Waals surface area contributed by atoms with E-state index in [4.69, 9.17) is 5.73 Å². The van der Waals surface area contributed by atoms with Gasteiger partial charge in [-0.15, -0.1) is 0 Å². The van der Waals surface area contributed by atoms with Gasteiger partial charge in [0, 0.05) is 12.3 Å². The number of carbonyl (C=O) groups is 1. The third-order valence-corrected chi connectivity index (χ3v) is 0.635. The maximum Gasteiger partial charge on any atom is 0.312 e. The Morgan fingerprint density at radius 3 is 2.57 bits per heavy atom. The monoisotopic (exact) mass is 120 g/mol. The number of primary amides is 1. The molecule has 0 saturated carbocycles. The van der Waals surface area contributed by atoms with Crippen LogP contribution in [0.2, 0.25) is 0 Å². The second-order valence-electron chi connectivity index (χ2n) is 1.01. The van der Waals surface area contributed by atoms with Gasteiger partial charge < -0.3 is 11.1 Å². The predicted molar refractivity (Wildman–Crippen MR) is 31.4 cm³/mol. The first-order valence-corrected chi connectivity index (χ1v) is 2.55. The van der Waals surface area contributed by atoms with Crippen molar-refractivity contribution in [3.8, 4) is 0 Å². The molecule has 0 rings (SSSR count). The SMILES string of the molecule is NC(=O)NCCS. The summed E-state index contributed by atoms with van der Waals surface area (Å²) in [6.07, 6.45) is 0. The molecular formula is C3H8N2OS. The molecule has 0 heterocycles. The highest BCUT2D eigenvalue weighted by molar-refractivity contribution is 7.80. The Morgan fingerprint density at radius 1 is 1.86 bits per heavy atom. The summed E-state index contributed by atoms with van der Waals surface area (Å²) in [5, 5.41) is 2.36. The van der Waals surface area contributed by atoms with Crippen molar-refractivity contribution < 1.29 is 4.79 Å². The Balaban J connectivity index is 2.82. The molecule has 3 nitrogen and oxygen atoms in total. The number of rotatable bonds is 2. The fourth-order valence-electron chi connectivity index (χ4n) is 0.179. The molecule has 0 aromatic heterocycles. The summed E-state index contributed by atoms with van der Waals surface area (Å²) in [6.45, 7) is 0.540. The lowest BCUT2D eigenvalue weighted by atomic mass is 10.7. The number of carbonyl (C=O) groups excluding carboxylic acids is 1. The first-order valence-electron chi connectivity index (χ1n) is 1.91. The zero-order valence-corrected chi connectivity index (χ0v) is 4.74.